The summed E-state index contributed by atoms with van der Waals surface area (Å²) in [4.78, 5) is 24.3. The van der Waals surface area contributed by atoms with Crippen LogP contribution in [0.4, 0.5) is 0 Å². The lowest BCUT2D eigenvalue weighted by Gasteiger charge is -2.19. The number of hydrogen-bond acceptors (Lipinski definition) is 5. The topological polar surface area (TPSA) is 52.6 Å². The molecule has 0 saturated carbocycles. The van der Waals surface area contributed by atoms with E-state index in [1.165, 1.54) is 0 Å². The zero-order valence-corrected chi connectivity index (χ0v) is 13.2. The van der Waals surface area contributed by atoms with Crippen molar-refractivity contribution in [3.8, 4) is 0 Å². The number of carbonyl (C=O) groups excluding carboxylic acids is 2. The van der Waals surface area contributed by atoms with Gasteiger partial charge in [-0.15, -0.1) is 0 Å². The lowest BCUT2D eigenvalue weighted by atomic mass is 10.2. The normalized spacial score (nSPS) is 20.0. The fourth-order valence-corrected chi connectivity index (χ4v) is 3.46. The maximum Gasteiger partial charge on any atom is 0.338 e. The molecule has 2 aromatic carbocycles. The van der Waals surface area contributed by atoms with Crippen LogP contribution in [0.3, 0.4) is 0 Å². The van der Waals surface area contributed by atoms with Gasteiger partial charge in [0, 0.05) is 11.5 Å². The van der Waals surface area contributed by atoms with Gasteiger partial charge in [-0.3, -0.25) is 0 Å². The molecule has 4 nitrogen and oxygen atoms in total. The smallest absolute Gasteiger partial charge is 0.338 e. The highest BCUT2D eigenvalue weighted by atomic mass is 32.2. The van der Waals surface area contributed by atoms with E-state index in [2.05, 4.69) is 0 Å². The molecule has 0 unspecified atom stereocenters. The summed E-state index contributed by atoms with van der Waals surface area (Å²) < 4.78 is 11.0. The van der Waals surface area contributed by atoms with Crippen molar-refractivity contribution >= 4 is 23.7 Å². The number of carbonyl (C=O) groups is 2. The molecule has 2 atom stereocenters. The molecule has 23 heavy (non-hydrogen) atoms. The Bertz CT molecular complexity index is 612. The molecule has 1 fully saturated rings. The van der Waals surface area contributed by atoms with Gasteiger partial charge in [0.25, 0.3) is 0 Å². The number of ether oxygens (including phenoxy) is 2. The molecule has 1 aliphatic rings. The van der Waals surface area contributed by atoms with Gasteiger partial charge in [-0.1, -0.05) is 36.4 Å². The first-order valence-electron chi connectivity index (χ1n) is 7.34. The van der Waals surface area contributed by atoms with Gasteiger partial charge in [0.05, 0.1) is 11.1 Å². The minimum Gasteiger partial charge on any atom is -0.454 e. The Balaban J connectivity index is 1.62. The van der Waals surface area contributed by atoms with Gasteiger partial charge in [0.15, 0.2) is 0 Å². The second-order valence-corrected chi connectivity index (χ2v) is 6.23. The second-order valence-electron chi connectivity index (χ2n) is 5.16. The van der Waals surface area contributed by atoms with Crippen LogP contribution in [0.2, 0.25) is 0 Å². The van der Waals surface area contributed by atoms with E-state index >= 15 is 0 Å². The SMILES string of the molecule is O=C(O[C@H]1CSC[C@H]1OC(=O)c1ccccc1)c1ccccc1. The van der Waals surface area contributed by atoms with Gasteiger partial charge < -0.3 is 9.47 Å². The molecular weight excluding hydrogens is 312 g/mol. The maximum atomic E-state index is 12.1. The molecule has 0 spiro atoms. The van der Waals surface area contributed by atoms with Crippen molar-refractivity contribution in [3.05, 3.63) is 71.8 Å². The predicted molar refractivity (Wildman–Crippen MR) is 88.6 cm³/mol. The first kappa shape index (κ1) is 15.6. The number of thioether (sulfide) groups is 1. The summed E-state index contributed by atoms with van der Waals surface area (Å²) in [6, 6.07) is 17.6. The monoisotopic (exact) mass is 328 g/mol. The average Bonchev–Trinajstić information content (AvgIpc) is 3.03. The third-order valence-electron chi connectivity index (χ3n) is 3.51. The maximum absolute atomic E-state index is 12.1. The van der Waals surface area contributed by atoms with Gasteiger partial charge in [-0.25, -0.2) is 9.59 Å². The second kappa shape index (κ2) is 7.33. The van der Waals surface area contributed by atoms with Gasteiger partial charge in [0.2, 0.25) is 0 Å². The molecule has 1 saturated heterocycles. The molecule has 0 aliphatic carbocycles. The molecule has 0 amide bonds. The largest absolute Gasteiger partial charge is 0.454 e. The highest BCUT2D eigenvalue weighted by molar-refractivity contribution is 7.99. The lowest BCUT2D eigenvalue weighted by molar-refractivity contribution is -0.0176. The summed E-state index contributed by atoms with van der Waals surface area (Å²) in [7, 11) is 0. The zero-order chi connectivity index (χ0) is 16.1. The van der Waals surface area contributed by atoms with Gasteiger partial charge in [-0.2, -0.15) is 11.8 Å². The fraction of sp³-hybridized carbons (Fsp3) is 0.222. The van der Waals surface area contributed by atoms with E-state index in [9.17, 15) is 9.59 Å². The summed E-state index contributed by atoms with van der Waals surface area (Å²) in [5.41, 5.74) is 0.995. The number of esters is 2. The molecule has 0 N–H and O–H groups in total. The van der Waals surface area contributed by atoms with Crippen molar-refractivity contribution in [1.82, 2.24) is 0 Å². The summed E-state index contributed by atoms with van der Waals surface area (Å²) in [5.74, 6) is 0.481. The predicted octanol–water partition coefficient (Wildman–Crippen LogP) is 3.18. The molecule has 0 bridgehead atoms. The first-order valence-corrected chi connectivity index (χ1v) is 8.49. The van der Waals surface area contributed by atoms with E-state index in [0.717, 1.165) is 0 Å². The molecule has 1 heterocycles. The van der Waals surface area contributed by atoms with Crippen LogP contribution in [0.25, 0.3) is 0 Å². The Kier molecular flexibility index (Phi) is 4.98. The number of benzene rings is 2. The van der Waals surface area contributed by atoms with Crippen LogP contribution in [-0.2, 0) is 9.47 Å². The van der Waals surface area contributed by atoms with Crippen LogP contribution in [0.5, 0.6) is 0 Å². The Morgan fingerprint density at radius 1 is 0.739 bits per heavy atom. The third-order valence-corrected chi connectivity index (χ3v) is 4.64. The number of hydrogen-bond donors (Lipinski definition) is 0. The summed E-state index contributed by atoms with van der Waals surface area (Å²) in [6.45, 7) is 0. The standard InChI is InChI=1S/C18H16O4S/c19-17(13-7-3-1-4-8-13)21-15-11-23-12-16(15)22-18(20)14-9-5-2-6-10-14/h1-10,15-16H,11-12H2/t15-,16+. The van der Waals surface area contributed by atoms with Gasteiger partial charge in [0.1, 0.15) is 12.2 Å². The van der Waals surface area contributed by atoms with E-state index in [1.807, 2.05) is 12.1 Å². The summed E-state index contributed by atoms with van der Waals surface area (Å²) in [5, 5.41) is 0. The van der Waals surface area contributed by atoms with E-state index in [1.54, 1.807) is 60.3 Å². The lowest BCUT2D eigenvalue weighted by Crippen LogP contribution is -2.34. The summed E-state index contributed by atoms with van der Waals surface area (Å²) >= 11 is 1.61. The van der Waals surface area contributed by atoms with Crippen LogP contribution < -0.4 is 0 Å². The third kappa shape index (κ3) is 3.93. The van der Waals surface area contributed by atoms with Crippen LogP contribution >= 0.6 is 11.8 Å². The molecule has 1 aliphatic heterocycles. The van der Waals surface area contributed by atoms with E-state index in [0.29, 0.717) is 22.6 Å². The Morgan fingerprint density at radius 2 is 1.13 bits per heavy atom. The minimum atomic E-state index is -0.416. The molecular formula is C18H16O4S. The summed E-state index contributed by atoms with van der Waals surface area (Å²) in [6.07, 6.45) is -0.833. The fourth-order valence-electron chi connectivity index (χ4n) is 2.29. The van der Waals surface area contributed by atoms with Crippen LogP contribution in [-0.4, -0.2) is 35.7 Å². The molecule has 5 heteroatoms. The molecule has 3 rings (SSSR count). The van der Waals surface area contributed by atoms with Crippen LogP contribution in [0.15, 0.2) is 60.7 Å². The highest BCUT2D eigenvalue weighted by Crippen LogP contribution is 2.25. The van der Waals surface area contributed by atoms with Crippen molar-refractivity contribution < 1.29 is 19.1 Å². The van der Waals surface area contributed by atoms with Crippen molar-refractivity contribution in [2.45, 2.75) is 12.2 Å². The van der Waals surface area contributed by atoms with Gasteiger partial charge in [-0.05, 0) is 24.3 Å². The molecule has 0 aromatic heterocycles. The number of rotatable bonds is 4. The van der Waals surface area contributed by atoms with Crippen molar-refractivity contribution in [2.75, 3.05) is 11.5 Å². The Labute approximate surface area is 138 Å². The van der Waals surface area contributed by atoms with Crippen LogP contribution in [0, 0.1) is 0 Å². The Hall–Kier alpha value is -2.27. The quantitative estimate of drug-likeness (QED) is 0.807. The first-order chi connectivity index (χ1) is 11.2. The Morgan fingerprint density at radius 3 is 1.52 bits per heavy atom. The zero-order valence-electron chi connectivity index (χ0n) is 12.4. The van der Waals surface area contributed by atoms with E-state index < -0.39 is 12.2 Å². The molecule has 0 radical (unpaired) electrons. The molecule has 118 valence electrons. The highest BCUT2D eigenvalue weighted by Gasteiger charge is 2.34. The molecule has 2 aromatic rings. The van der Waals surface area contributed by atoms with Crippen molar-refractivity contribution in [2.24, 2.45) is 0 Å². The van der Waals surface area contributed by atoms with Crippen molar-refractivity contribution in [3.63, 3.8) is 0 Å². The van der Waals surface area contributed by atoms with Crippen molar-refractivity contribution in [1.29, 1.82) is 0 Å². The van der Waals surface area contributed by atoms with Gasteiger partial charge >= 0.3 is 11.9 Å². The van der Waals surface area contributed by atoms with Crippen LogP contribution in [0.1, 0.15) is 20.7 Å². The minimum absolute atomic E-state index is 0.390. The average molecular weight is 328 g/mol. The van der Waals surface area contributed by atoms with E-state index in [-0.39, 0.29) is 11.9 Å². The van der Waals surface area contributed by atoms with E-state index in [4.69, 9.17) is 9.47 Å².